The van der Waals surface area contributed by atoms with Crippen molar-refractivity contribution >= 4 is 30.0 Å². The zero-order valence-electron chi connectivity index (χ0n) is 13.9. The molecular formula is C15H34O2SSi2. The number of hydrogen-bond donors (Lipinski definition) is 1. The van der Waals surface area contributed by atoms with Crippen molar-refractivity contribution in [2.45, 2.75) is 76.0 Å². The summed E-state index contributed by atoms with van der Waals surface area (Å²) in [5, 5.41) is 0.569. The smallest absolute Gasteiger partial charge is 0.186 e. The van der Waals surface area contributed by atoms with E-state index in [2.05, 4.69) is 39.6 Å². The Morgan fingerprint density at radius 3 is 2.20 bits per heavy atom. The summed E-state index contributed by atoms with van der Waals surface area (Å²) in [6.07, 6.45) is 5.37. The first-order valence-corrected chi connectivity index (χ1v) is 14.1. The third kappa shape index (κ3) is 8.22. The molecule has 2 fully saturated rings. The predicted molar refractivity (Wildman–Crippen MR) is 97.0 cm³/mol. The molecule has 2 nitrogen and oxygen atoms in total. The largest absolute Gasteiger partial charge is 0.420 e. The molecule has 0 spiro atoms. The quantitative estimate of drug-likeness (QED) is 0.606. The summed E-state index contributed by atoms with van der Waals surface area (Å²) in [4.78, 5) is 0. The Kier molecular flexibility index (Phi) is 9.06. The van der Waals surface area contributed by atoms with E-state index in [9.17, 15) is 0 Å². The van der Waals surface area contributed by atoms with Gasteiger partial charge in [-0.2, -0.15) is 12.6 Å². The van der Waals surface area contributed by atoms with Gasteiger partial charge in [0, 0.05) is 18.5 Å². The number of hydrogen-bond acceptors (Lipinski definition) is 3. The monoisotopic (exact) mass is 334 g/mol. The van der Waals surface area contributed by atoms with Crippen molar-refractivity contribution < 1.29 is 8.85 Å². The minimum absolute atomic E-state index is 0.569. The third-order valence-electron chi connectivity index (χ3n) is 4.21. The van der Waals surface area contributed by atoms with Crippen LogP contribution in [0.2, 0.25) is 31.2 Å². The molecule has 120 valence electrons. The van der Waals surface area contributed by atoms with Gasteiger partial charge in [0.25, 0.3) is 0 Å². The lowest BCUT2D eigenvalue weighted by Crippen LogP contribution is -2.33. The van der Waals surface area contributed by atoms with Crippen LogP contribution in [0.4, 0.5) is 0 Å². The lowest BCUT2D eigenvalue weighted by molar-refractivity contribution is 0.275. The summed E-state index contributed by atoms with van der Waals surface area (Å²) < 4.78 is 11.4. The number of thiol groups is 1. The molecule has 0 amide bonds. The molecule has 0 N–H and O–H groups in total. The molecule has 0 bridgehead atoms. The fourth-order valence-electron chi connectivity index (χ4n) is 2.61. The van der Waals surface area contributed by atoms with E-state index in [1.807, 2.05) is 0 Å². The van der Waals surface area contributed by atoms with Crippen molar-refractivity contribution in [3.05, 3.63) is 0 Å². The van der Waals surface area contributed by atoms with Gasteiger partial charge in [-0.05, 0) is 50.0 Å². The van der Waals surface area contributed by atoms with Gasteiger partial charge in [-0.3, -0.25) is 0 Å². The van der Waals surface area contributed by atoms with Gasteiger partial charge in [0.2, 0.25) is 0 Å². The molecule has 0 aromatic rings. The van der Waals surface area contributed by atoms with Crippen molar-refractivity contribution in [2.24, 2.45) is 5.92 Å². The second kappa shape index (κ2) is 9.67. The lowest BCUT2D eigenvalue weighted by Gasteiger charge is -2.27. The van der Waals surface area contributed by atoms with E-state index in [4.69, 9.17) is 8.85 Å². The molecule has 2 rings (SSSR count). The van der Waals surface area contributed by atoms with Crippen molar-refractivity contribution in [3.8, 4) is 0 Å². The molecule has 0 aromatic carbocycles. The van der Waals surface area contributed by atoms with E-state index in [1.165, 1.54) is 43.8 Å². The van der Waals surface area contributed by atoms with Crippen LogP contribution in [-0.4, -0.2) is 35.8 Å². The highest BCUT2D eigenvalue weighted by molar-refractivity contribution is 7.81. The van der Waals surface area contributed by atoms with Gasteiger partial charge in [0.15, 0.2) is 17.4 Å². The van der Waals surface area contributed by atoms with E-state index in [1.54, 1.807) is 0 Å². The Bertz CT molecular complexity index is 248. The lowest BCUT2D eigenvalue weighted by atomic mass is 10.1. The summed E-state index contributed by atoms with van der Waals surface area (Å²) in [5.41, 5.74) is 0. The normalized spacial score (nSPS) is 27.6. The van der Waals surface area contributed by atoms with Crippen molar-refractivity contribution in [3.63, 3.8) is 0 Å². The fraction of sp³-hybridized carbons (Fsp3) is 1.00. The molecule has 2 unspecified atom stereocenters. The van der Waals surface area contributed by atoms with Crippen molar-refractivity contribution in [1.29, 1.82) is 0 Å². The Balaban J connectivity index is 0.000000217. The SMILES string of the molecule is CC(C)C(S)C[SiH]1CCCCO1.C[Si]1(C)CCCCO1. The highest BCUT2D eigenvalue weighted by Crippen LogP contribution is 2.22. The fourth-order valence-corrected chi connectivity index (χ4v) is 8.12. The van der Waals surface area contributed by atoms with Crippen molar-refractivity contribution in [1.82, 2.24) is 0 Å². The van der Waals surface area contributed by atoms with Gasteiger partial charge in [0.1, 0.15) is 0 Å². The molecule has 0 saturated carbocycles. The second-order valence-electron chi connectivity index (χ2n) is 7.10. The summed E-state index contributed by atoms with van der Waals surface area (Å²) in [6, 6.07) is 4.01. The molecule has 0 aliphatic carbocycles. The maximum Gasteiger partial charge on any atom is 0.186 e. The van der Waals surface area contributed by atoms with Crippen LogP contribution in [0.25, 0.3) is 0 Å². The molecular weight excluding hydrogens is 300 g/mol. The minimum Gasteiger partial charge on any atom is -0.420 e. The van der Waals surface area contributed by atoms with E-state index in [0.29, 0.717) is 11.2 Å². The maximum atomic E-state index is 5.79. The van der Waals surface area contributed by atoms with E-state index >= 15 is 0 Å². The molecule has 0 radical (unpaired) electrons. The summed E-state index contributed by atoms with van der Waals surface area (Å²) in [7, 11) is -1.91. The summed E-state index contributed by atoms with van der Waals surface area (Å²) in [5.74, 6) is 0.700. The topological polar surface area (TPSA) is 18.5 Å². The first-order chi connectivity index (χ1) is 9.41. The maximum absolute atomic E-state index is 5.79. The molecule has 0 aromatic heterocycles. The minimum atomic E-state index is -1.09. The first kappa shape index (κ1) is 18.8. The first-order valence-electron chi connectivity index (χ1n) is 8.34. The van der Waals surface area contributed by atoms with Gasteiger partial charge in [-0.15, -0.1) is 0 Å². The van der Waals surface area contributed by atoms with Crippen LogP contribution in [0, 0.1) is 5.92 Å². The van der Waals surface area contributed by atoms with Gasteiger partial charge >= 0.3 is 0 Å². The Labute approximate surface area is 134 Å². The number of rotatable bonds is 3. The van der Waals surface area contributed by atoms with E-state index in [-0.39, 0.29) is 0 Å². The van der Waals surface area contributed by atoms with Crippen LogP contribution in [0.15, 0.2) is 0 Å². The summed E-state index contributed by atoms with van der Waals surface area (Å²) in [6.45, 7) is 11.1. The second-order valence-corrected chi connectivity index (χ2v) is 14.7. The molecule has 2 saturated heterocycles. The van der Waals surface area contributed by atoms with Gasteiger partial charge < -0.3 is 8.85 Å². The van der Waals surface area contributed by atoms with Gasteiger partial charge in [-0.25, -0.2) is 0 Å². The van der Waals surface area contributed by atoms with Crippen LogP contribution in [0.1, 0.15) is 39.5 Å². The standard InChI is InChI=1S/C9H20OSSi.C6H14OSi/c1-8(2)9(11)7-12-6-4-3-5-10-12;1-8(2)6-4-3-5-7-8/h8-9,11-12H,3-7H2,1-2H3;3-6H2,1-2H3. The highest BCUT2D eigenvalue weighted by Gasteiger charge is 2.24. The zero-order valence-corrected chi connectivity index (χ0v) is 16.9. The highest BCUT2D eigenvalue weighted by atomic mass is 32.1. The average Bonchev–Trinajstić information content (AvgIpc) is 2.40. The van der Waals surface area contributed by atoms with Crippen LogP contribution in [-0.2, 0) is 8.85 Å². The molecule has 2 aliphatic rings. The molecule has 2 atom stereocenters. The Hall–Kier alpha value is 0.704. The summed E-state index contributed by atoms with van der Waals surface area (Å²) >= 11 is 4.59. The molecule has 2 aliphatic heterocycles. The van der Waals surface area contributed by atoms with E-state index in [0.717, 1.165) is 13.2 Å². The average molecular weight is 335 g/mol. The molecule has 2 heterocycles. The van der Waals surface area contributed by atoms with Gasteiger partial charge in [0.05, 0.1) is 0 Å². The third-order valence-corrected chi connectivity index (χ3v) is 10.8. The van der Waals surface area contributed by atoms with Crippen LogP contribution in [0.3, 0.4) is 0 Å². The van der Waals surface area contributed by atoms with Crippen LogP contribution >= 0.6 is 12.6 Å². The van der Waals surface area contributed by atoms with Crippen LogP contribution < -0.4 is 0 Å². The predicted octanol–water partition coefficient (Wildman–Crippen LogP) is 4.48. The molecule has 20 heavy (non-hydrogen) atoms. The molecule has 5 heteroatoms. The zero-order chi connectivity index (χ0) is 15.0. The van der Waals surface area contributed by atoms with E-state index < -0.39 is 17.4 Å². The van der Waals surface area contributed by atoms with Crippen molar-refractivity contribution in [2.75, 3.05) is 13.2 Å². The van der Waals surface area contributed by atoms with Gasteiger partial charge in [-0.1, -0.05) is 26.7 Å². The Morgan fingerprint density at radius 1 is 1.10 bits per heavy atom. The Morgan fingerprint density at radius 2 is 1.80 bits per heavy atom. The van der Waals surface area contributed by atoms with Crippen LogP contribution in [0.5, 0.6) is 0 Å².